The number of benzene rings is 8. The fourth-order valence-corrected chi connectivity index (χ4v) is 11.8. The van der Waals surface area contributed by atoms with E-state index in [0.29, 0.717) is 0 Å². The van der Waals surface area contributed by atoms with E-state index in [1.54, 1.807) is 0 Å². The smallest absolute Gasteiger partial charge is 0.0516 e. The molecule has 0 fully saturated rings. The minimum Gasteiger partial charge on any atom is -0.355 e. The highest BCUT2D eigenvalue weighted by Gasteiger charge is 2.42. The molecule has 2 heteroatoms. The second-order valence-corrected chi connectivity index (χ2v) is 15.2. The molecule has 0 aromatic heterocycles. The van der Waals surface area contributed by atoms with Crippen LogP contribution in [0.5, 0.6) is 0 Å². The van der Waals surface area contributed by atoms with Crippen LogP contribution in [0.3, 0.4) is 0 Å². The third kappa shape index (κ3) is 4.49. The Morgan fingerprint density at radius 1 is 0.333 bits per heavy atom. The number of hydrogen-bond donors (Lipinski definition) is 1. The average molecular weight is 632 g/mol. The van der Waals surface area contributed by atoms with Crippen LogP contribution in [0, 0.1) is 0 Å². The van der Waals surface area contributed by atoms with Crippen LogP contribution in [0.4, 0.5) is 11.4 Å². The summed E-state index contributed by atoms with van der Waals surface area (Å²) in [5.74, 6) is 0. The van der Waals surface area contributed by atoms with Gasteiger partial charge in [0.25, 0.3) is 0 Å². The number of hydrogen-bond acceptors (Lipinski definition) is 1. The molecule has 0 saturated carbocycles. The molecule has 0 unspecified atom stereocenters. The van der Waals surface area contributed by atoms with Gasteiger partial charge in [0.15, 0.2) is 0 Å². The lowest BCUT2D eigenvalue weighted by atomic mass is 9.91. The van der Waals surface area contributed by atoms with Gasteiger partial charge in [-0.15, -0.1) is 10.0 Å². The quantitative estimate of drug-likeness (QED) is 0.193. The summed E-state index contributed by atoms with van der Waals surface area (Å²) in [7, 11) is -1.76. The molecular formula is C46H33NS. The third-order valence-corrected chi connectivity index (χ3v) is 13.5. The average Bonchev–Trinajstić information content (AvgIpc) is 3.47. The van der Waals surface area contributed by atoms with Crippen LogP contribution in [0.2, 0.25) is 0 Å². The molecule has 0 spiro atoms. The van der Waals surface area contributed by atoms with Crippen LogP contribution in [-0.4, -0.2) is 0 Å². The predicted molar refractivity (Wildman–Crippen MR) is 204 cm³/mol. The lowest BCUT2D eigenvalue weighted by Crippen LogP contribution is -2.05. The normalized spacial score (nSPS) is 13.4. The first-order valence-corrected chi connectivity index (χ1v) is 18.1. The largest absolute Gasteiger partial charge is 0.355 e. The van der Waals surface area contributed by atoms with Gasteiger partial charge < -0.3 is 5.32 Å². The molecule has 8 aromatic carbocycles. The van der Waals surface area contributed by atoms with Crippen molar-refractivity contribution in [2.45, 2.75) is 19.6 Å². The second kappa shape index (κ2) is 11.8. The Labute approximate surface area is 283 Å². The maximum atomic E-state index is 3.88. The molecule has 9 rings (SSSR count). The van der Waals surface area contributed by atoms with Gasteiger partial charge in [0.05, 0.1) is 5.69 Å². The Morgan fingerprint density at radius 2 is 0.812 bits per heavy atom. The standard InChI is InChI=1S/C46H33NS/c1-3-15-33(16-4-1)38-23-13-17-35-18-14-24-39(46(35)38)34-29-31-36(32-30-34)47-42-25-9-12-28-45(42)48(37-19-5-2-6-20-37)43-26-10-7-21-40(43)41-22-8-11-27-44(41)48/h1-32,47H. The monoisotopic (exact) mass is 631 g/mol. The molecule has 1 aliphatic heterocycles. The Hall–Kier alpha value is -5.83. The summed E-state index contributed by atoms with van der Waals surface area (Å²) in [6.07, 6.45) is 0. The molecule has 8 aromatic rings. The second-order valence-electron chi connectivity index (χ2n) is 12.2. The van der Waals surface area contributed by atoms with E-state index in [0.717, 1.165) is 11.4 Å². The first kappa shape index (κ1) is 28.4. The van der Waals surface area contributed by atoms with Gasteiger partial charge in [-0.1, -0.05) is 146 Å². The van der Waals surface area contributed by atoms with Crippen molar-refractivity contribution in [2.75, 3.05) is 5.32 Å². The van der Waals surface area contributed by atoms with Crippen LogP contribution in [0.1, 0.15) is 0 Å². The van der Waals surface area contributed by atoms with Gasteiger partial charge in [0.2, 0.25) is 0 Å². The zero-order chi connectivity index (χ0) is 31.9. The van der Waals surface area contributed by atoms with Crippen LogP contribution in [0.25, 0.3) is 44.2 Å². The maximum absolute atomic E-state index is 3.88. The SMILES string of the molecule is c1ccc(-c2cccc3cccc(-c4ccc(Nc5ccccc5S5(c6ccccc6)c6ccccc6-c6ccccc65)cc4)c23)cc1. The molecule has 1 aliphatic rings. The van der Waals surface area contributed by atoms with Crippen molar-refractivity contribution in [3.8, 4) is 33.4 Å². The zero-order valence-electron chi connectivity index (χ0n) is 26.4. The Bertz CT molecular complexity index is 2360. The minimum absolute atomic E-state index is 1.07. The van der Waals surface area contributed by atoms with Gasteiger partial charge in [-0.05, 0) is 92.7 Å². The lowest BCUT2D eigenvalue weighted by Gasteiger charge is -2.40. The molecule has 48 heavy (non-hydrogen) atoms. The van der Waals surface area contributed by atoms with Gasteiger partial charge in [0.1, 0.15) is 0 Å². The van der Waals surface area contributed by atoms with Gasteiger partial charge in [-0.3, -0.25) is 0 Å². The number of para-hydroxylation sites is 1. The zero-order valence-corrected chi connectivity index (χ0v) is 27.2. The van der Waals surface area contributed by atoms with Crippen molar-refractivity contribution in [1.82, 2.24) is 0 Å². The highest BCUT2D eigenvalue weighted by atomic mass is 32.3. The van der Waals surface area contributed by atoms with E-state index < -0.39 is 10.0 Å². The third-order valence-electron chi connectivity index (χ3n) is 9.50. The van der Waals surface area contributed by atoms with Gasteiger partial charge in [-0.25, -0.2) is 0 Å². The van der Waals surface area contributed by atoms with E-state index in [1.807, 2.05) is 0 Å². The van der Waals surface area contributed by atoms with Crippen molar-refractivity contribution in [3.63, 3.8) is 0 Å². The molecule has 228 valence electrons. The van der Waals surface area contributed by atoms with Crippen molar-refractivity contribution in [3.05, 3.63) is 194 Å². The molecular weight excluding hydrogens is 599 g/mol. The van der Waals surface area contributed by atoms with E-state index >= 15 is 0 Å². The van der Waals surface area contributed by atoms with E-state index in [9.17, 15) is 0 Å². The number of fused-ring (bicyclic) bond motifs is 4. The van der Waals surface area contributed by atoms with E-state index in [-0.39, 0.29) is 0 Å². The Morgan fingerprint density at radius 3 is 1.44 bits per heavy atom. The van der Waals surface area contributed by atoms with E-state index in [1.165, 1.54) is 63.7 Å². The molecule has 1 nitrogen and oxygen atoms in total. The maximum Gasteiger partial charge on any atom is 0.0516 e. The summed E-state index contributed by atoms with van der Waals surface area (Å²) in [5, 5.41) is 6.41. The lowest BCUT2D eigenvalue weighted by molar-refractivity contribution is 1.28. The summed E-state index contributed by atoms with van der Waals surface area (Å²) in [6, 6.07) is 70.9. The Kier molecular flexibility index (Phi) is 6.96. The molecule has 1 heterocycles. The highest BCUT2D eigenvalue weighted by Crippen LogP contribution is 2.80. The van der Waals surface area contributed by atoms with Crippen LogP contribution in [0.15, 0.2) is 214 Å². The fraction of sp³-hybridized carbons (Fsp3) is 0. The van der Waals surface area contributed by atoms with Crippen LogP contribution < -0.4 is 5.32 Å². The Balaban J connectivity index is 1.16. The van der Waals surface area contributed by atoms with Crippen LogP contribution >= 0.6 is 10.0 Å². The molecule has 0 saturated heterocycles. The van der Waals surface area contributed by atoms with Crippen molar-refractivity contribution < 1.29 is 0 Å². The molecule has 0 aliphatic carbocycles. The summed E-state index contributed by atoms with van der Waals surface area (Å²) in [6.45, 7) is 0. The predicted octanol–water partition coefficient (Wildman–Crippen LogP) is 13.2. The molecule has 0 atom stereocenters. The van der Waals surface area contributed by atoms with Crippen molar-refractivity contribution in [2.24, 2.45) is 0 Å². The summed E-state index contributed by atoms with van der Waals surface area (Å²) >= 11 is 0. The first-order chi connectivity index (χ1) is 23.8. The molecule has 0 amide bonds. The summed E-state index contributed by atoms with van der Waals surface area (Å²) < 4.78 is 0. The summed E-state index contributed by atoms with van der Waals surface area (Å²) in [4.78, 5) is 5.45. The molecule has 0 radical (unpaired) electrons. The van der Waals surface area contributed by atoms with E-state index in [2.05, 4.69) is 199 Å². The molecule has 0 bridgehead atoms. The van der Waals surface area contributed by atoms with Crippen molar-refractivity contribution >= 4 is 32.2 Å². The van der Waals surface area contributed by atoms with E-state index in [4.69, 9.17) is 0 Å². The molecule has 1 N–H and O–H groups in total. The number of rotatable bonds is 6. The highest BCUT2D eigenvalue weighted by molar-refractivity contribution is 8.34. The van der Waals surface area contributed by atoms with Gasteiger partial charge >= 0.3 is 0 Å². The number of nitrogens with one attached hydrogen (secondary N) is 1. The van der Waals surface area contributed by atoms with Crippen LogP contribution in [-0.2, 0) is 0 Å². The topological polar surface area (TPSA) is 12.0 Å². The number of anilines is 2. The first-order valence-electron chi connectivity index (χ1n) is 16.4. The van der Waals surface area contributed by atoms with Gasteiger partial charge in [0, 0.05) is 25.3 Å². The van der Waals surface area contributed by atoms with Crippen molar-refractivity contribution in [1.29, 1.82) is 0 Å². The van der Waals surface area contributed by atoms with Gasteiger partial charge in [-0.2, -0.15) is 0 Å². The summed E-state index contributed by atoms with van der Waals surface area (Å²) in [5.41, 5.74) is 9.79. The fourth-order valence-electron chi connectivity index (χ4n) is 7.44. The minimum atomic E-state index is -1.76.